The monoisotopic (exact) mass is 371 g/mol. The number of esters is 1. The Hall–Kier alpha value is -3.06. The Morgan fingerprint density at radius 3 is 2.23 bits per heavy atom. The zero-order valence-electron chi connectivity index (χ0n) is 14.5. The number of methoxy groups -OCH3 is 3. The summed E-state index contributed by atoms with van der Waals surface area (Å²) in [5.41, 5.74) is 1.04. The van der Waals surface area contributed by atoms with E-state index in [1.807, 2.05) is 12.1 Å². The molecule has 0 spiro atoms. The molecule has 0 aliphatic heterocycles. The van der Waals surface area contributed by atoms with E-state index >= 15 is 0 Å². The van der Waals surface area contributed by atoms with Gasteiger partial charge in [0, 0.05) is 22.0 Å². The summed E-state index contributed by atoms with van der Waals surface area (Å²) in [6, 6.07) is 12.2. The van der Waals surface area contributed by atoms with Crippen molar-refractivity contribution in [3.63, 3.8) is 0 Å². The van der Waals surface area contributed by atoms with Gasteiger partial charge in [0.1, 0.15) is 16.4 Å². The van der Waals surface area contributed by atoms with Crippen LogP contribution in [0.2, 0.25) is 0 Å². The summed E-state index contributed by atoms with van der Waals surface area (Å²) in [5.74, 6) is 0.404. The fourth-order valence-corrected chi connectivity index (χ4v) is 3.43. The maximum atomic E-state index is 12.6. The number of anilines is 1. The number of hydrogen-bond acceptors (Lipinski definition) is 6. The quantitative estimate of drug-likeness (QED) is 0.687. The second-order valence-electron chi connectivity index (χ2n) is 5.41. The molecule has 7 heteroatoms. The van der Waals surface area contributed by atoms with Crippen molar-refractivity contribution in [3.8, 4) is 11.5 Å². The van der Waals surface area contributed by atoms with Gasteiger partial charge in [0.05, 0.1) is 21.3 Å². The number of rotatable bonds is 5. The van der Waals surface area contributed by atoms with Gasteiger partial charge in [0.15, 0.2) is 0 Å². The van der Waals surface area contributed by atoms with Gasteiger partial charge in [-0.15, -0.1) is 11.3 Å². The van der Waals surface area contributed by atoms with Crippen LogP contribution in [-0.2, 0) is 4.74 Å². The minimum atomic E-state index is -0.375. The molecule has 0 fully saturated rings. The van der Waals surface area contributed by atoms with E-state index in [0.717, 1.165) is 10.1 Å². The van der Waals surface area contributed by atoms with Gasteiger partial charge in [-0.25, -0.2) is 4.79 Å². The molecular formula is C19H17NO5S. The number of thiophene rings is 1. The SMILES string of the molecule is COC(=O)c1cc2cc(NC(=O)c3cc(OC)cc(OC)c3)ccc2s1. The van der Waals surface area contributed by atoms with E-state index in [2.05, 4.69) is 5.32 Å². The molecule has 0 atom stereocenters. The summed E-state index contributed by atoms with van der Waals surface area (Å²) < 4.78 is 16.1. The number of carbonyl (C=O) groups excluding carboxylic acids is 2. The molecular weight excluding hydrogens is 354 g/mol. The second-order valence-corrected chi connectivity index (χ2v) is 6.49. The Bertz CT molecular complexity index is 957. The molecule has 6 nitrogen and oxygen atoms in total. The zero-order chi connectivity index (χ0) is 18.7. The number of ether oxygens (including phenoxy) is 3. The number of carbonyl (C=O) groups is 2. The van der Waals surface area contributed by atoms with Crippen LogP contribution in [0.5, 0.6) is 11.5 Å². The molecule has 0 aliphatic carbocycles. The highest BCUT2D eigenvalue weighted by molar-refractivity contribution is 7.20. The van der Waals surface area contributed by atoms with Gasteiger partial charge < -0.3 is 19.5 Å². The third-order valence-electron chi connectivity index (χ3n) is 3.77. The lowest BCUT2D eigenvalue weighted by atomic mass is 10.1. The van der Waals surface area contributed by atoms with Crippen LogP contribution in [0.3, 0.4) is 0 Å². The predicted octanol–water partition coefficient (Wildman–Crippen LogP) is 3.96. The number of benzene rings is 2. The van der Waals surface area contributed by atoms with Crippen LogP contribution in [0.25, 0.3) is 10.1 Å². The molecule has 134 valence electrons. The maximum Gasteiger partial charge on any atom is 0.348 e. The van der Waals surface area contributed by atoms with Crippen LogP contribution >= 0.6 is 11.3 Å². The number of amides is 1. The molecule has 0 radical (unpaired) electrons. The summed E-state index contributed by atoms with van der Waals surface area (Å²) in [4.78, 5) is 24.7. The largest absolute Gasteiger partial charge is 0.497 e. The Morgan fingerprint density at radius 2 is 1.62 bits per heavy atom. The van der Waals surface area contributed by atoms with E-state index < -0.39 is 0 Å². The van der Waals surface area contributed by atoms with Gasteiger partial charge in [0.2, 0.25) is 0 Å². The average Bonchev–Trinajstić information content (AvgIpc) is 3.10. The Morgan fingerprint density at radius 1 is 0.923 bits per heavy atom. The molecule has 3 rings (SSSR count). The number of fused-ring (bicyclic) bond motifs is 1. The van der Waals surface area contributed by atoms with Crippen molar-refractivity contribution in [2.24, 2.45) is 0 Å². The third kappa shape index (κ3) is 3.62. The highest BCUT2D eigenvalue weighted by Gasteiger charge is 2.13. The first-order valence-electron chi connectivity index (χ1n) is 7.70. The maximum absolute atomic E-state index is 12.6. The Labute approximate surface area is 154 Å². The first-order chi connectivity index (χ1) is 12.5. The van der Waals surface area contributed by atoms with Gasteiger partial charge in [-0.2, -0.15) is 0 Å². The van der Waals surface area contributed by atoms with E-state index in [1.54, 1.807) is 30.3 Å². The van der Waals surface area contributed by atoms with Gasteiger partial charge in [-0.3, -0.25) is 4.79 Å². The van der Waals surface area contributed by atoms with Crippen LogP contribution in [0, 0.1) is 0 Å². The van der Waals surface area contributed by atoms with Crippen molar-refractivity contribution in [3.05, 3.63) is 52.9 Å². The summed E-state index contributed by atoms with van der Waals surface area (Å²) in [7, 11) is 4.40. The lowest BCUT2D eigenvalue weighted by Crippen LogP contribution is -2.12. The summed E-state index contributed by atoms with van der Waals surface area (Å²) in [5, 5.41) is 3.70. The van der Waals surface area contributed by atoms with Crippen LogP contribution in [0.1, 0.15) is 20.0 Å². The topological polar surface area (TPSA) is 73.9 Å². The molecule has 3 aromatic rings. The molecule has 1 aromatic heterocycles. The van der Waals surface area contributed by atoms with Gasteiger partial charge >= 0.3 is 5.97 Å². The molecule has 1 amide bonds. The molecule has 2 aromatic carbocycles. The molecule has 1 N–H and O–H groups in total. The van der Waals surface area contributed by atoms with E-state index in [4.69, 9.17) is 14.2 Å². The van der Waals surface area contributed by atoms with Crippen molar-refractivity contribution in [2.45, 2.75) is 0 Å². The van der Waals surface area contributed by atoms with Crippen LogP contribution < -0.4 is 14.8 Å². The fourth-order valence-electron chi connectivity index (χ4n) is 2.46. The fraction of sp³-hybridized carbons (Fsp3) is 0.158. The molecule has 0 saturated carbocycles. The minimum absolute atomic E-state index is 0.287. The van der Waals surface area contributed by atoms with E-state index in [9.17, 15) is 9.59 Å². The molecule has 0 aliphatic rings. The van der Waals surface area contributed by atoms with Gasteiger partial charge in [-0.1, -0.05) is 0 Å². The van der Waals surface area contributed by atoms with Crippen LogP contribution in [0.4, 0.5) is 5.69 Å². The highest BCUT2D eigenvalue weighted by atomic mass is 32.1. The van der Waals surface area contributed by atoms with Crippen molar-refractivity contribution >= 4 is 39.0 Å². The zero-order valence-corrected chi connectivity index (χ0v) is 15.3. The van der Waals surface area contributed by atoms with Crippen molar-refractivity contribution < 1.29 is 23.8 Å². The van der Waals surface area contributed by atoms with Crippen molar-refractivity contribution in [1.82, 2.24) is 0 Å². The summed E-state index contributed by atoms with van der Waals surface area (Å²) >= 11 is 1.34. The summed E-state index contributed by atoms with van der Waals surface area (Å²) in [6.07, 6.45) is 0. The minimum Gasteiger partial charge on any atom is -0.497 e. The second kappa shape index (κ2) is 7.45. The first-order valence-corrected chi connectivity index (χ1v) is 8.52. The van der Waals surface area contributed by atoms with Crippen molar-refractivity contribution in [1.29, 1.82) is 0 Å². The predicted molar refractivity (Wildman–Crippen MR) is 101 cm³/mol. The third-order valence-corrected chi connectivity index (χ3v) is 4.87. The number of hydrogen-bond donors (Lipinski definition) is 1. The van der Waals surface area contributed by atoms with Gasteiger partial charge in [0.25, 0.3) is 5.91 Å². The lowest BCUT2D eigenvalue weighted by molar-refractivity contribution is 0.0606. The molecule has 26 heavy (non-hydrogen) atoms. The molecule has 0 bridgehead atoms. The van der Waals surface area contributed by atoms with Gasteiger partial charge in [-0.05, 0) is 41.8 Å². The standard InChI is InChI=1S/C19H17NO5S/c1-23-14-7-12(8-15(10-14)24-2)18(21)20-13-4-5-16-11(6-13)9-17(26-16)19(22)25-3/h4-10H,1-3H3,(H,20,21). The Kier molecular flexibility index (Phi) is 5.09. The molecule has 0 unspecified atom stereocenters. The first kappa shape index (κ1) is 17.8. The normalized spacial score (nSPS) is 10.4. The van der Waals surface area contributed by atoms with Crippen molar-refractivity contribution in [2.75, 3.05) is 26.6 Å². The molecule has 0 saturated heterocycles. The summed E-state index contributed by atoms with van der Waals surface area (Å²) in [6.45, 7) is 0. The van der Waals surface area contributed by atoms with E-state index in [1.165, 1.54) is 32.7 Å². The smallest absolute Gasteiger partial charge is 0.348 e. The molecule has 1 heterocycles. The highest BCUT2D eigenvalue weighted by Crippen LogP contribution is 2.29. The van der Waals surface area contributed by atoms with Crippen LogP contribution in [0.15, 0.2) is 42.5 Å². The number of nitrogens with one attached hydrogen (secondary N) is 1. The van der Waals surface area contributed by atoms with E-state index in [-0.39, 0.29) is 11.9 Å². The average molecular weight is 371 g/mol. The Balaban J connectivity index is 1.86. The van der Waals surface area contributed by atoms with Crippen LogP contribution in [-0.4, -0.2) is 33.2 Å². The lowest BCUT2D eigenvalue weighted by Gasteiger charge is -2.09. The van der Waals surface area contributed by atoms with E-state index in [0.29, 0.717) is 27.6 Å².